The van der Waals surface area contributed by atoms with Gasteiger partial charge in [0.15, 0.2) is 4.34 Å². The Morgan fingerprint density at radius 3 is 2.94 bits per heavy atom. The summed E-state index contributed by atoms with van der Waals surface area (Å²) in [6.45, 7) is 4.04. The first-order valence-electron chi connectivity index (χ1n) is 5.24. The second kappa shape index (κ2) is 5.30. The first-order chi connectivity index (χ1) is 8.24. The van der Waals surface area contributed by atoms with Gasteiger partial charge < -0.3 is 0 Å². The van der Waals surface area contributed by atoms with Crippen molar-refractivity contribution in [3.8, 4) is 6.07 Å². The third-order valence-corrected chi connectivity index (χ3v) is 4.32. The second-order valence-corrected chi connectivity index (χ2v) is 5.50. The number of rotatable bonds is 3. The van der Waals surface area contributed by atoms with E-state index in [1.165, 1.54) is 23.3 Å². The summed E-state index contributed by atoms with van der Waals surface area (Å²) in [6, 6.07) is 7.95. The van der Waals surface area contributed by atoms with Gasteiger partial charge in [-0.25, -0.2) is 4.98 Å². The lowest BCUT2D eigenvalue weighted by Gasteiger charge is -2.04. The highest BCUT2D eigenvalue weighted by atomic mass is 32.2. The number of nitrogens with zero attached hydrogens (tertiary/aromatic N) is 3. The number of aromatic nitrogens is 2. The molecule has 17 heavy (non-hydrogen) atoms. The Kier molecular flexibility index (Phi) is 3.77. The van der Waals surface area contributed by atoms with E-state index in [2.05, 4.69) is 15.4 Å². The van der Waals surface area contributed by atoms with Gasteiger partial charge >= 0.3 is 0 Å². The number of hydrogen-bond donors (Lipinski definition) is 0. The minimum Gasteiger partial charge on any atom is -0.213 e. The fraction of sp³-hybridized carbons (Fsp3) is 0.250. The normalized spacial score (nSPS) is 10.2. The maximum Gasteiger partial charge on any atom is 0.174 e. The van der Waals surface area contributed by atoms with Crippen LogP contribution >= 0.6 is 23.3 Å². The standard InChI is InChI=1S/C12H11N3S2/c1-3-10-14-12(17-15-10)16-11-8(2)5-4-6-9(11)7-13/h4-6H,3H2,1-2H3. The number of aryl methyl sites for hydroxylation is 2. The van der Waals surface area contributed by atoms with Crippen LogP contribution in [-0.4, -0.2) is 9.36 Å². The SMILES string of the molecule is CCc1nsc(Sc2c(C)cccc2C#N)n1. The summed E-state index contributed by atoms with van der Waals surface area (Å²) < 4.78 is 5.14. The van der Waals surface area contributed by atoms with Crippen molar-refractivity contribution in [2.24, 2.45) is 0 Å². The molecule has 0 fully saturated rings. The molecule has 0 amide bonds. The Hall–Kier alpha value is -1.38. The molecular weight excluding hydrogens is 250 g/mol. The van der Waals surface area contributed by atoms with Crippen LogP contribution in [-0.2, 0) is 6.42 Å². The van der Waals surface area contributed by atoms with E-state index in [1.54, 1.807) is 0 Å². The van der Waals surface area contributed by atoms with Crippen molar-refractivity contribution < 1.29 is 0 Å². The van der Waals surface area contributed by atoms with Crippen LogP contribution in [0, 0.1) is 18.3 Å². The average molecular weight is 261 g/mol. The smallest absolute Gasteiger partial charge is 0.174 e. The third kappa shape index (κ3) is 2.65. The molecule has 0 N–H and O–H groups in total. The Bertz CT molecular complexity index is 569. The van der Waals surface area contributed by atoms with Crippen molar-refractivity contribution in [2.75, 3.05) is 0 Å². The van der Waals surface area contributed by atoms with E-state index >= 15 is 0 Å². The molecule has 0 saturated carbocycles. The van der Waals surface area contributed by atoms with Gasteiger partial charge in [-0.15, -0.1) is 0 Å². The van der Waals surface area contributed by atoms with Crippen molar-refractivity contribution >= 4 is 23.3 Å². The lowest BCUT2D eigenvalue weighted by molar-refractivity contribution is 0.971. The monoisotopic (exact) mass is 261 g/mol. The van der Waals surface area contributed by atoms with Crippen LogP contribution in [0.3, 0.4) is 0 Å². The molecule has 5 heteroatoms. The molecule has 0 atom stereocenters. The van der Waals surface area contributed by atoms with Crippen molar-refractivity contribution in [1.82, 2.24) is 9.36 Å². The summed E-state index contributed by atoms with van der Waals surface area (Å²) >= 11 is 2.91. The summed E-state index contributed by atoms with van der Waals surface area (Å²) in [7, 11) is 0. The highest BCUT2D eigenvalue weighted by molar-refractivity contribution is 8.01. The van der Waals surface area contributed by atoms with Gasteiger partial charge in [0, 0.05) is 11.3 Å². The molecule has 1 aromatic heterocycles. The Labute approximate surface area is 109 Å². The molecule has 1 heterocycles. The lowest BCUT2D eigenvalue weighted by Crippen LogP contribution is -1.86. The van der Waals surface area contributed by atoms with Gasteiger partial charge in [0.05, 0.1) is 5.56 Å². The van der Waals surface area contributed by atoms with Crippen LogP contribution < -0.4 is 0 Å². The predicted octanol–water partition coefficient (Wildman–Crippen LogP) is 3.43. The Morgan fingerprint density at radius 1 is 1.47 bits per heavy atom. The highest BCUT2D eigenvalue weighted by Crippen LogP contribution is 2.33. The van der Waals surface area contributed by atoms with E-state index in [1.807, 2.05) is 32.0 Å². The molecule has 1 aromatic carbocycles. The van der Waals surface area contributed by atoms with E-state index < -0.39 is 0 Å². The van der Waals surface area contributed by atoms with Crippen LogP contribution in [0.1, 0.15) is 23.9 Å². The minimum atomic E-state index is 0.697. The molecule has 0 aliphatic heterocycles. The summed E-state index contributed by atoms with van der Waals surface area (Å²) in [5.74, 6) is 0.865. The summed E-state index contributed by atoms with van der Waals surface area (Å²) in [5.41, 5.74) is 1.80. The molecular formula is C12H11N3S2. The molecule has 0 bridgehead atoms. The zero-order valence-electron chi connectivity index (χ0n) is 9.60. The maximum atomic E-state index is 9.08. The number of benzene rings is 1. The quantitative estimate of drug-likeness (QED) is 0.849. The predicted molar refractivity (Wildman–Crippen MR) is 69.3 cm³/mol. The van der Waals surface area contributed by atoms with Gasteiger partial charge in [-0.05, 0) is 30.1 Å². The van der Waals surface area contributed by atoms with Crippen LogP contribution in [0.15, 0.2) is 27.4 Å². The van der Waals surface area contributed by atoms with Gasteiger partial charge in [-0.3, -0.25) is 0 Å². The first-order valence-corrected chi connectivity index (χ1v) is 6.83. The second-order valence-electron chi connectivity index (χ2n) is 3.50. The Morgan fingerprint density at radius 2 is 2.29 bits per heavy atom. The molecule has 0 radical (unpaired) electrons. The molecule has 0 unspecified atom stereocenters. The summed E-state index contributed by atoms with van der Waals surface area (Å²) in [5, 5.41) is 9.08. The largest absolute Gasteiger partial charge is 0.213 e. The molecule has 0 aliphatic rings. The van der Waals surface area contributed by atoms with Crippen LogP contribution in [0.25, 0.3) is 0 Å². The van der Waals surface area contributed by atoms with Gasteiger partial charge in [-0.1, -0.05) is 30.8 Å². The molecule has 2 aromatic rings. The molecule has 86 valence electrons. The number of nitriles is 1. The van der Waals surface area contributed by atoms with Crippen LogP contribution in [0.5, 0.6) is 0 Å². The lowest BCUT2D eigenvalue weighted by atomic mass is 10.1. The topological polar surface area (TPSA) is 49.6 Å². The maximum absolute atomic E-state index is 9.08. The molecule has 3 nitrogen and oxygen atoms in total. The zero-order chi connectivity index (χ0) is 12.3. The van der Waals surface area contributed by atoms with E-state index in [0.717, 1.165) is 27.0 Å². The molecule has 0 spiro atoms. The van der Waals surface area contributed by atoms with E-state index in [4.69, 9.17) is 5.26 Å². The number of hydrogen-bond acceptors (Lipinski definition) is 5. The minimum absolute atomic E-state index is 0.697. The van der Waals surface area contributed by atoms with Crippen LogP contribution in [0.4, 0.5) is 0 Å². The molecule has 0 aliphatic carbocycles. The summed E-state index contributed by atoms with van der Waals surface area (Å²) in [6.07, 6.45) is 0.843. The van der Waals surface area contributed by atoms with E-state index in [0.29, 0.717) is 5.56 Å². The summed E-state index contributed by atoms with van der Waals surface area (Å²) in [4.78, 5) is 5.38. The fourth-order valence-electron chi connectivity index (χ4n) is 1.39. The highest BCUT2D eigenvalue weighted by Gasteiger charge is 2.10. The molecule has 2 rings (SSSR count). The molecule has 0 saturated heterocycles. The van der Waals surface area contributed by atoms with E-state index in [-0.39, 0.29) is 0 Å². The Balaban J connectivity index is 2.33. The fourth-order valence-corrected chi connectivity index (χ4v) is 3.18. The third-order valence-electron chi connectivity index (χ3n) is 2.29. The zero-order valence-corrected chi connectivity index (χ0v) is 11.2. The van der Waals surface area contributed by atoms with Gasteiger partial charge in [0.2, 0.25) is 0 Å². The van der Waals surface area contributed by atoms with Gasteiger partial charge in [0.25, 0.3) is 0 Å². The van der Waals surface area contributed by atoms with Crippen LogP contribution in [0.2, 0.25) is 0 Å². The first kappa shape index (κ1) is 12.1. The van der Waals surface area contributed by atoms with Gasteiger partial charge in [-0.2, -0.15) is 9.64 Å². The average Bonchev–Trinajstić information content (AvgIpc) is 2.79. The van der Waals surface area contributed by atoms with E-state index in [9.17, 15) is 0 Å². The van der Waals surface area contributed by atoms with Crippen molar-refractivity contribution in [3.63, 3.8) is 0 Å². The van der Waals surface area contributed by atoms with Crippen molar-refractivity contribution in [2.45, 2.75) is 29.5 Å². The van der Waals surface area contributed by atoms with Crippen molar-refractivity contribution in [3.05, 3.63) is 35.2 Å². The van der Waals surface area contributed by atoms with Crippen molar-refractivity contribution in [1.29, 1.82) is 5.26 Å². The van der Waals surface area contributed by atoms with Gasteiger partial charge in [0.1, 0.15) is 11.9 Å².